The van der Waals surface area contributed by atoms with Crippen LogP contribution in [0.25, 0.3) is 0 Å². The summed E-state index contributed by atoms with van der Waals surface area (Å²) < 4.78 is 0. The molecular weight excluding hydrogens is 194 g/mol. The molecule has 1 aliphatic rings. The number of hydrogen-bond donors (Lipinski definition) is 0. The highest BCUT2D eigenvalue weighted by Gasteiger charge is 2.18. The molecule has 0 aromatic heterocycles. The highest BCUT2D eigenvalue weighted by molar-refractivity contribution is 7.99. The molecule has 3 heteroatoms. The fourth-order valence-corrected chi connectivity index (χ4v) is 2.77. The quantitative estimate of drug-likeness (QED) is 0.709. The molecule has 0 bridgehead atoms. The Labute approximate surface area is 92.4 Å². The summed E-state index contributed by atoms with van der Waals surface area (Å²) in [5, 5.41) is 0.435. The lowest BCUT2D eigenvalue weighted by Gasteiger charge is -2.23. The SMILES string of the molecule is CC.CC(=O)CC1SCCCCN1C. The van der Waals surface area contributed by atoms with E-state index in [1.807, 2.05) is 25.6 Å². The second kappa shape index (κ2) is 8.30. The normalized spacial score (nSPS) is 23.3. The topological polar surface area (TPSA) is 20.3 Å². The van der Waals surface area contributed by atoms with Crippen molar-refractivity contribution in [2.24, 2.45) is 0 Å². The summed E-state index contributed by atoms with van der Waals surface area (Å²) in [5.74, 6) is 1.52. The van der Waals surface area contributed by atoms with Gasteiger partial charge in [0.15, 0.2) is 0 Å². The standard InChI is InChI=1S/C9H17NOS.C2H6/c1-8(11)7-9-10(2)5-3-4-6-12-9;1-2/h9H,3-7H2,1-2H3;1-2H3. The zero-order valence-electron chi connectivity index (χ0n) is 9.88. The van der Waals surface area contributed by atoms with Crippen LogP contribution in [0.2, 0.25) is 0 Å². The molecular formula is C11H23NOS. The van der Waals surface area contributed by atoms with Crippen LogP contribution in [0.4, 0.5) is 0 Å². The average Bonchev–Trinajstić information content (AvgIpc) is 2.35. The van der Waals surface area contributed by atoms with E-state index < -0.39 is 0 Å². The Balaban J connectivity index is 0.000000791. The van der Waals surface area contributed by atoms with Gasteiger partial charge in [0.1, 0.15) is 5.78 Å². The number of rotatable bonds is 2. The van der Waals surface area contributed by atoms with E-state index in [9.17, 15) is 4.79 Å². The van der Waals surface area contributed by atoms with Crippen molar-refractivity contribution in [1.82, 2.24) is 4.90 Å². The van der Waals surface area contributed by atoms with Gasteiger partial charge in [-0.2, -0.15) is 0 Å². The van der Waals surface area contributed by atoms with Crippen molar-refractivity contribution in [1.29, 1.82) is 0 Å². The molecule has 0 aromatic carbocycles. The van der Waals surface area contributed by atoms with Crippen LogP contribution in [-0.2, 0) is 4.79 Å². The molecule has 1 unspecified atom stereocenters. The first kappa shape index (κ1) is 14.0. The van der Waals surface area contributed by atoms with Crippen LogP contribution >= 0.6 is 11.8 Å². The molecule has 1 fully saturated rings. The van der Waals surface area contributed by atoms with Gasteiger partial charge in [0.2, 0.25) is 0 Å². The van der Waals surface area contributed by atoms with Crippen LogP contribution in [-0.4, -0.2) is 35.4 Å². The third-order valence-corrected chi connectivity index (χ3v) is 3.60. The molecule has 0 N–H and O–H groups in total. The van der Waals surface area contributed by atoms with Crippen LogP contribution in [0.5, 0.6) is 0 Å². The van der Waals surface area contributed by atoms with Gasteiger partial charge < -0.3 is 0 Å². The number of ketones is 1. The van der Waals surface area contributed by atoms with E-state index in [0.29, 0.717) is 17.6 Å². The summed E-state index contributed by atoms with van der Waals surface area (Å²) in [5.41, 5.74) is 0. The molecule has 0 radical (unpaired) electrons. The van der Waals surface area contributed by atoms with Crippen LogP contribution in [0, 0.1) is 0 Å². The van der Waals surface area contributed by atoms with Crippen molar-refractivity contribution >= 4 is 17.5 Å². The maximum atomic E-state index is 10.9. The molecule has 14 heavy (non-hydrogen) atoms. The molecule has 0 aromatic rings. The Morgan fingerprint density at radius 3 is 2.64 bits per heavy atom. The summed E-state index contributed by atoms with van der Waals surface area (Å²) in [6.07, 6.45) is 3.28. The van der Waals surface area contributed by atoms with Gasteiger partial charge in [-0.05, 0) is 39.1 Å². The zero-order valence-corrected chi connectivity index (χ0v) is 10.7. The molecule has 1 atom stereocenters. The van der Waals surface area contributed by atoms with Gasteiger partial charge in [-0.15, -0.1) is 11.8 Å². The Morgan fingerprint density at radius 1 is 1.43 bits per heavy atom. The van der Waals surface area contributed by atoms with Crippen molar-refractivity contribution in [2.45, 2.75) is 45.4 Å². The molecule has 0 aliphatic carbocycles. The molecule has 1 rings (SSSR count). The van der Waals surface area contributed by atoms with E-state index in [1.54, 1.807) is 6.92 Å². The fourth-order valence-electron chi connectivity index (χ4n) is 1.41. The van der Waals surface area contributed by atoms with Gasteiger partial charge in [0.25, 0.3) is 0 Å². The number of Topliss-reactive ketones (excluding diaryl/α,β-unsaturated/α-hetero) is 1. The summed E-state index contributed by atoms with van der Waals surface area (Å²) in [4.78, 5) is 13.2. The van der Waals surface area contributed by atoms with Gasteiger partial charge in [-0.3, -0.25) is 9.69 Å². The van der Waals surface area contributed by atoms with Crippen molar-refractivity contribution in [3.05, 3.63) is 0 Å². The smallest absolute Gasteiger partial charge is 0.132 e. The Kier molecular flexibility index (Phi) is 8.29. The van der Waals surface area contributed by atoms with Crippen molar-refractivity contribution in [3.63, 3.8) is 0 Å². The van der Waals surface area contributed by atoms with Crippen LogP contribution < -0.4 is 0 Å². The van der Waals surface area contributed by atoms with Crippen LogP contribution in [0.1, 0.15) is 40.0 Å². The first-order chi connectivity index (χ1) is 6.70. The van der Waals surface area contributed by atoms with E-state index >= 15 is 0 Å². The van der Waals surface area contributed by atoms with E-state index in [0.717, 1.165) is 6.54 Å². The van der Waals surface area contributed by atoms with Crippen molar-refractivity contribution in [2.75, 3.05) is 19.3 Å². The second-order valence-corrected chi connectivity index (χ2v) is 4.71. The van der Waals surface area contributed by atoms with E-state index in [2.05, 4.69) is 11.9 Å². The lowest BCUT2D eigenvalue weighted by Crippen LogP contribution is -2.30. The van der Waals surface area contributed by atoms with Gasteiger partial charge in [-0.1, -0.05) is 13.8 Å². The highest BCUT2D eigenvalue weighted by atomic mass is 32.2. The third-order valence-electron chi connectivity index (χ3n) is 2.17. The minimum atomic E-state index is 0.307. The van der Waals surface area contributed by atoms with Gasteiger partial charge in [0, 0.05) is 6.42 Å². The number of carbonyl (C=O) groups is 1. The first-order valence-electron chi connectivity index (χ1n) is 5.51. The zero-order chi connectivity index (χ0) is 11.0. The largest absolute Gasteiger partial charge is 0.300 e. The number of carbonyl (C=O) groups excluding carboxylic acids is 1. The maximum Gasteiger partial charge on any atom is 0.132 e. The molecule has 84 valence electrons. The molecule has 0 spiro atoms. The minimum absolute atomic E-state index is 0.307. The van der Waals surface area contributed by atoms with Crippen molar-refractivity contribution in [3.8, 4) is 0 Å². The Hall–Kier alpha value is -0.0200. The summed E-state index contributed by atoms with van der Waals surface area (Å²) in [7, 11) is 2.12. The lowest BCUT2D eigenvalue weighted by atomic mass is 10.3. The number of nitrogens with zero attached hydrogens (tertiary/aromatic N) is 1. The summed E-state index contributed by atoms with van der Waals surface area (Å²) >= 11 is 1.93. The Morgan fingerprint density at radius 2 is 2.07 bits per heavy atom. The summed E-state index contributed by atoms with van der Waals surface area (Å²) in [6, 6.07) is 0. The molecule has 1 aliphatic heterocycles. The Bertz CT molecular complexity index is 161. The molecule has 1 heterocycles. The summed E-state index contributed by atoms with van der Waals surface area (Å²) in [6.45, 7) is 6.82. The minimum Gasteiger partial charge on any atom is -0.300 e. The highest BCUT2D eigenvalue weighted by Crippen LogP contribution is 2.23. The van der Waals surface area contributed by atoms with E-state index in [4.69, 9.17) is 0 Å². The fraction of sp³-hybridized carbons (Fsp3) is 0.909. The van der Waals surface area contributed by atoms with Crippen LogP contribution in [0.15, 0.2) is 0 Å². The second-order valence-electron chi connectivity index (χ2n) is 3.42. The molecule has 1 saturated heterocycles. The molecule has 2 nitrogen and oxygen atoms in total. The lowest BCUT2D eigenvalue weighted by molar-refractivity contribution is -0.117. The predicted octanol–water partition coefficient (Wildman–Crippen LogP) is 2.78. The monoisotopic (exact) mass is 217 g/mol. The van der Waals surface area contributed by atoms with Gasteiger partial charge >= 0.3 is 0 Å². The average molecular weight is 217 g/mol. The van der Waals surface area contributed by atoms with E-state index in [-0.39, 0.29) is 0 Å². The van der Waals surface area contributed by atoms with Gasteiger partial charge in [0.05, 0.1) is 5.37 Å². The van der Waals surface area contributed by atoms with Crippen LogP contribution in [0.3, 0.4) is 0 Å². The predicted molar refractivity (Wildman–Crippen MR) is 64.8 cm³/mol. The number of thioether (sulfide) groups is 1. The van der Waals surface area contributed by atoms with Crippen molar-refractivity contribution < 1.29 is 4.79 Å². The van der Waals surface area contributed by atoms with E-state index in [1.165, 1.54) is 18.6 Å². The molecule has 0 saturated carbocycles. The maximum absolute atomic E-state index is 10.9. The first-order valence-corrected chi connectivity index (χ1v) is 6.56. The number of hydrogen-bond acceptors (Lipinski definition) is 3. The molecule has 0 amide bonds. The van der Waals surface area contributed by atoms with Gasteiger partial charge in [-0.25, -0.2) is 0 Å². The third kappa shape index (κ3) is 5.66.